The van der Waals surface area contributed by atoms with Gasteiger partial charge in [-0.25, -0.2) is 0 Å². The van der Waals surface area contributed by atoms with Crippen molar-refractivity contribution in [1.82, 2.24) is 10.5 Å². The van der Waals surface area contributed by atoms with Crippen LogP contribution in [0.5, 0.6) is 0 Å². The Balaban J connectivity index is 1.93. The van der Waals surface area contributed by atoms with E-state index in [1.807, 2.05) is 32.9 Å². The maximum atomic E-state index is 10.9. The molecule has 132 valence electrons. The molecule has 0 aliphatic carbocycles. The van der Waals surface area contributed by atoms with Crippen LogP contribution in [0.1, 0.15) is 32.8 Å². The number of carbonyl (C=O) groups is 1. The van der Waals surface area contributed by atoms with E-state index in [1.165, 1.54) is 0 Å². The fraction of sp³-hybridized carbons (Fsp3) is 0.556. The minimum absolute atomic E-state index is 0.158. The number of nitrogens with zero attached hydrogens (tertiary/aromatic N) is 2. The maximum absolute atomic E-state index is 10.9. The van der Waals surface area contributed by atoms with Gasteiger partial charge in [0.15, 0.2) is 11.4 Å². The lowest BCUT2D eigenvalue weighted by molar-refractivity contribution is -0.139. The Labute approximate surface area is 142 Å². The molecule has 0 radical (unpaired) electrons. The molecule has 0 saturated carbocycles. The third kappa shape index (κ3) is 4.71. The molecule has 6 heteroatoms. The summed E-state index contributed by atoms with van der Waals surface area (Å²) in [7, 11) is 0. The molecule has 0 spiro atoms. The molecule has 1 heterocycles. The summed E-state index contributed by atoms with van der Waals surface area (Å²) in [5.41, 5.74) is 1.69. The van der Waals surface area contributed by atoms with Gasteiger partial charge in [0.25, 0.3) is 0 Å². The van der Waals surface area contributed by atoms with Gasteiger partial charge in [0.1, 0.15) is 0 Å². The molecule has 2 N–H and O–H groups in total. The monoisotopic (exact) mass is 333 g/mol. The first-order chi connectivity index (χ1) is 11.3. The van der Waals surface area contributed by atoms with Crippen molar-refractivity contribution < 1.29 is 14.4 Å². The van der Waals surface area contributed by atoms with E-state index in [0.717, 1.165) is 42.0 Å². The van der Waals surface area contributed by atoms with Crippen molar-refractivity contribution in [3.63, 3.8) is 0 Å². The standard InChI is InChI=1S/C18H27N3O3/c1-5-21(9-8-19-12-18(3,4)11-16(22)23)17-14-7-6-13(2)10-15(14)24-20-17/h6-7,10,19H,5,8-9,11-12H2,1-4H3,(H,22,23). The number of aromatic nitrogens is 1. The zero-order valence-corrected chi connectivity index (χ0v) is 14.9. The number of hydrogen-bond acceptors (Lipinski definition) is 5. The number of nitrogens with one attached hydrogen (secondary N) is 1. The van der Waals surface area contributed by atoms with E-state index in [2.05, 4.69) is 28.4 Å². The molecule has 0 aliphatic heterocycles. The van der Waals surface area contributed by atoms with Crippen LogP contribution in [0.25, 0.3) is 11.0 Å². The van der Waals surface area contributed by atoms with Crippen LogP contribution in [0.3, 0.4) is 0 Å². The van der Waals surface area contributed by atoms with Gasteiger partial charge in [0.2, 0.25) is 0 Å². The minimum Gasteiger partial charge on any atom is -0.481 e. The number of likely N-dealkylation sites (N-methyl/N-ethyl adjacent to an activating group) is 1. The fourth-order valence-electron chi connectivity index (χ4n) is 2.79. The van der Waals surface area contributed by atoms with Crippen molar-refractivity contribution >= 4 is 22.8 Å². The number of rotatable bonds is 9. The lowest BCUT2D eigenvalue weighted by Crippen LogP contribution is -2.37. The normalized spacial score (nSPS) is 11.8. The van der Waals surface area contributed by atoms with Crippen LogP contribution in [0, 0.1) is 12.3 Å². The van der Waals surface area contributed by atoms with Crippen LogP contribution >= 0.6 is 0 Å². The first kappa shape index (κ1) is 18.3. The van der Waals surface area contributed by atoms with Gasteiger partial charge in [-0.15, -0.1) is 0 Å². The fourth-order valence-corrected chi connectivity index (χ4v) is 2.79. The summed E-state index contributed by atoms with van der Waals surface area (Å²) in [5.74, 6) is 0.0976. The molecule has 1 aromatic heterocycles. The Bertz CT molecular complexity index is 694. The van der Waals surface area contributed by atoms with Crippen LogP contribution in [-0.4, -0.2) is 42.4 Å². The van der Waals surface area contributed by atoms with E-state index < -0.39 is 5.97 Å². The van der Waals surface area contributed by atoms with E-state index in [0.29, 0.717) is 6.54 Å². The second kappa shape index (κ2) is 7.66. The second-order valence-corrected chi connectivity index (χ2v) is 7.00. The van der Waals surface area contributed by atoms with Gasteiger partial charge < -0.3 is 19.8 Å². The van der Waals surface area contributed by atoms with Gasteiger partial charge >= 0.3 is 5.97 Å². The van der Waals surface area contributed by atoms with E-state index in [4.69, 9.17) is 9.63 Å². The first-order valence-electron chi connectivity index (χ1n) is 8.36. The first-order valence-corrected chi connectivity index (χ1v) is 8.36. The Morgan fingerprint density at radius 1 is 1.42 bits per heavy atom. The largest absolute Gasteiger partial charge is 0.481 e. The molecule has 6 nitrogen and oxygen atoms in total. The summed E-state index contributed by atoms with van der Waals surface area (Å²) in [6, 6.07) is 6.10. The molecule has 0 bridgehead atoms. The predicted octanol–water partition coefficient (Wildman–Crippen LogP) is 3.05. The van der Waals surface area contributed by atoms with Crippen LogP contribution in [0.2, 0.25) is 0 Å². The van der Waals surface area contributed by atoms with Crippen molar-refractivity contribution in [2.75, 3.05) is 31.1 Å². The second-order valence-electron chi connectivity index (χ2n) is 7.00. The van der Waals surface area contributed by atoms with Gasteiger partial charge in [0, 0.05) is 26.2 Å². The average molecular weight is 333 g/mol. The Kier molecular flexibility index (Phi) is 5.83. The van der Waals surface area contributed by atoms with Crippen LogP contribution in [0.15, 0.2) is 22.7 Å². The number of aliphatic carboxylic acids is 1. The molecule has 0 atom stereocenters. The number of carboxylic acid groups (broad SMARTS) is 1. The van der Waals surface area contributed by atoms with E-state index in [9.17, 15) is 4.79 Å². The zero-order valence-electron chi connectivity index (χ0n) is 14.9. The third-order valence-corrected chi connectivity index (χ3v) is 4.08. The molecule has 0 saturated heterocycles. The smallest absolute Gasteiger partial charge is 0.303 e. The molecular weight excluding hydrogens is 306 g/mol. The van der Waals surface area contributed by atoms with Crippen molar-refractivity contribution in [3.8, 4) is 0 Å². The van der Waals surface area contributed by atoms with E-state index in [1.54, 1.807) is 0 Å². The van der Waals surface area contributed by atoms with Crippen molar-refractivity contribution in [2.45, 2.75) is 34.1 Å². The SMILES string of the molecule is CCN(CCNCC(C)(C)CC(=O)O)c1noc2cc(C)ccc12. The van der Waals surface area contributed by atoms with Gasteiger partial charge in [-0.2, -0.15) is 0 Å². The predicted molar refractivity (Wildman–Crippen MR) is 95.5 cm³/mol. The molecule has 0 aliphatic rings. The third-order valence-electron chi connectivity index (χ3n) is 4.08. The van der Waals surface area contributed by atoms with E-state index in [-0.39, 0.29) is 11.8 Å². The van der Waals surface area contributed by atoms with Gasteiger partial charge in [-0.05, 0) is 37.0 Å². The van der Waals surface area contributed by atoms with Gasteiger partial charge in [-0.1, -0.05) is 25.1 Å². The number of carboxylic acids is 1. The lowest BCUT2D eigenvalue weighted by atomic mass is 9.89. The van der Waals surface area contributed by atoms with E-state index >= 15 is 0 Å². The highest BCUT2D eigenvalue weighted by atomic mass is 16.5. The van der Waals surface area contributed by atoms with Crippen molar-refractivity contribution in [2.24, 2.45) is 5.41 Å². The summed E-state index contributed by atoms with van der Waals surface area (Å²) < 4.78 is 5.44. The Hall–Kier alpha value is -2.08. The molecule has 0 fully saturated rings. The molecule has 2 aromatic rings. The minimum atomic E-state index is -0.763. The lowest BCUT2D eigenvalue weighted by Gasteiger charge is -2.25. The molecule has 0 unspecified atom stereocenters. The van der Waals surface area contributed by atoms with Gasteiger partial charge in [0.05, 0.1) is 11.8 Å². The van der Waals surface area contributed by atoms with Crippen LogP contribution < -0.4 is 10.2 Å². The summed E-state index contributed by atoms with van der Waals surface area (Å²) in [4.78, 5) is 13.0. The van der Waals surface area contributed by atoms with Crippen LogP contribution in [-0.2, 0) is 4.79 Å². The van der Waals surface area contributed by atoms with Gasteiger partial charge in [-0.3, -0.25) is 4.79 Å². The van der Waals surface area contributed by atoms with Crippen molar-refractivity contribution in [3.05, 3.63) is 23.8 Å². The molecule has 2 rings (SSSR count). The summed E-state index contributed by atoms with van der Waals surface area (Å²) in [6.45, 7) is 11.1. The molecular formula is C18H27N3O3. The van der Waals surface area contributed by atoms with Crippen LogP contribution in [0.4, 0.5) is 5.82 Å². The number of fused-ring (bicyclic) bond motifs is 1. The summed E-state index contributed by atoms with van der Waals surface area (Å²) in [5, 5.41) is 17.5. The highest BCUT2D eigenvalue weighted by Crippen LogP contribution is 2.26. The topological polar surface area (TPSA) is 78.6 Å². The average Bonchev–Trinajstić information content (AvgIpc) is 2.89. The summed E-state index contributed by atoms with van der Waals surface area (Å²) >= 11 is 0. The highest BCUT2D eigenvalue weighted by Gasteiger charge is 2.21. The molecule has 1 aromatic carbocycles. The number of hydrogen-bond donors (Lipinski definition) is 2. The number of benzene rings is 1. The maximum Gasteiger partial charge on any atom is 0.303 e. The van der Waals surface area contributed by atoms with Crippen molar-refractivity contribution in [1.29, 1.82) is 0 Å². The number of anilines is 1. The quantitative estimate of drug-likeness (QED) is 0.687. The summed E-state index contributed by atoms with van der Waals surface area (Å²) in [6.07, 6.45) is 0.158. The Morgan fingerprint density at radius 3 is 2.83 bits per heavy atom. The molecule has 24 heavy (non-hydrogen) atoms. The zero-order chi connectivity index (χ0) is 17.7. The Morgan fingerprint density at radius 2 is 2.17 bits per heavy atom. The molecule has 0 amide bonds. The number of aryl methyl sites for hydroxylation is 1. The highest BCUT2D eigenvalue weighted by molar-refractivity contribution is 5.88.